The lowest BCUT2D eigenvalue weighted by atomic mass is 10.3. The molecule has 9 heteroatoms. The first-order valence-corrected chi connectivity index (χ1v) is 8.09. The average molecular weight is 398 g/mol. The van der Waals surface area contributed by atoms with Crippen molar-refractivity contribution in [3.05, 3.63) is 51.5 Å². The summed E-state index contributed by atoms with van der Waals surface area (Å²) in [7, 11) is -4.18. The Bertz CT molecular complexity index is 792. The summed E-state index contributed by atoms with van der Waals surface area (Å²) < 4.78 is 53.2. The normalized spacial score (nSPS) is 11.4. The largest absolute Gasteiger partial charge is 0.395 e. The minimum atomic E-state index is -4.18. The third-order valence-electron chi connectivity index (χ3n) is 2.55. The zero-order valence-corrected chi connectivity index (χ0v) is 13.4. The summed E-state index contributed by atoms with van der Waals surface area (Å²) in [6, 6.07) is 5.38. The van der Waals surface area contributed by atoms with Crippen molar-refractivity contribution in [2.45, 2.75) is 4.90 Å². The molecule has 0 aliphatic rings. The third-order valence-corrected chi connectivity index (χ3v) is 4.88. The molecule has 0 aromatic heterocycles. The van der Waals surface area contributed by atoms with Gasteiger partial charge in [0, 0.05) is 4.47 Å². The third kappa shape index (κ3) is 3.28. The molecule has 0 spiro atoms. The summed E-state index contributed by atoms with van der Waals surface area (Å²) in [6.07, 6.45) is 0. The molecule has 0 unspecified atom stereocenters. The van der Waals surface area contributed by atoms with Gasteiger partial charge in [-0.15, -0.1) is 0 Å². The van der Waals surface area contributed by atoms with Crippen LogP contribution in [-0.4, -0.2) is 8.42 Å². The van der Waals surface area contributed by atoms with Gasteiger partial charge >= 0.3 is 0 Å². The number of nitrogen functional groups attached to an aromatic ring is 1. The van der Waals surface area contributed by atoms with Crippen molar-refractivity contribution >= 4 is 48.9 Å². The van der Waals surface area contributed by atoms with E-state index < -0.39 is 32.2 Å². The van der Waals surface area contributed by atoms with E-state index in [2.05, 4.69) is 20.7 Å². The Labute approximate surface area is 133 Å². The van der Waals surface area contributed by atoms with Crippen LogP contribution in [0.4, 0.5) is 20.2 Å². The Morgan fingerprint density at radius 2 is 1.90 bits per heavy atom. The summed E-state index contributed by atoms with van der Waals surface area (Å²) in [6.45, 7) is 0. The molecule has 0 radical (unpaired) electrons. The van der Waals surface area contributed by atoms with Gasteiger partial charge in [0.2, 0.25) is 0 Å². The Morgan fingerprint density at radius 3 is 2.52 bits per heavy atom. The number of benzene rings is 2. The van der Waals surface area contributed by atoms with Gasteiger partial charge in [0.1, 0.15) is 16.5 Å². The van der Waals surface area contributed by atoms with Crippen molar-refractivity contribution in [1.29, 1.82) is 0 Å². The maximum Gasteiger partial charge on any atom is 0.264 e. The van der Waals surface area contributed by atoms with E-state index in [1.165, 1.54) is 6.07 Å². The van der Waals surface area contributed by atoms with Crippen LogP contribution in [0.3, 0.4) is 0 Å². The monoisotopic (exact) mass is 396 g/mol. The van der Waals surface area contributed by atoms with Crippen molar-refractivity contribution in [3.8, 4) is 0 Å². The number of para-hydroxylation sites is 1. The molecule has 0 aliphatic heterocycles. The number of halogens is 4. The minimum Gasteiger partial charge on any atom is -0.395 e. The van der Waals surface area contributed by atoms with Gasteiger partial charge in [-0.2, -0.15) is 0 Å². The van der Waals surface area contributed by atoms with Crippen molar-refractivity contribution in [2.75, 3.05) is 10.5 Å². The van der Waals surface area contributed by atoms with Crippen LogP contribution in [0.25, 0.3) is 0 Å². The molecule has 3 N–H and O–H groups in total. The summed E-state index contributed by atoms with van der Waals surface area (Å²) >= 11 is 8.80. The second-order valence-electron chi connectivity index (χ2n) is 4.00. The highest BCUT2D eigenvalue weighted by Gasteiger charge is 2.22. The Morgan fingerprint density at radius 1 is 1.24 bits per heavy atom. The predicted octanol–water partition coefficient (Wildman–Crippen LogP) is 3.76. The van der Waals surface area contributed by atoms with E-state index in [0.717, 1.165) is 24.3 Å². The first-order chi connectivity index (χ1) is 9.72. The topological polar surface area (TPSA) is 72.2 Å². The van der Waals surface area contributed by atoms with Crippen LogP contribution in [0.2, 0.25) is 5.02 Å². The van der Waals surface area contributed by atoms with Gasteiger partial charge in [-0.1, -0.05) is 17.7 Å². The number of hydrogen-bond acceptors (Lipinski definition) is 3. The van der Waals surface area contributed by atoms with E-state index in [0.29, 0.717) is 0 Å². The highest BCUT2D eigenvalue weighted by atomic mass is 79.9. The summed E-state index contributed by atoms with van der Waals surface area (Å²) in [5.74, 6) is -1.50. The molecule has 2 aromatic rings. The van der Waals surface area contributed by atoms with Gasteiger partial charge in [-0.3, -0.25) is 4.72 Å². The molecular weight excluding hydrogens is 390 g/mol. The molecule has 2 aromatic carbocycles. The van der Waals surface area contributed by atoms with E-state index in [-0.39, 0.29) is 15.2 Å². The first-order valence-electron chi connectivity index (χ1n) is 5.43. The summed E-state index contributed by atoms with van der Waals surface area (Å²) in [5, 5.41) is -0.152. The lowest BCUT2D eigenvalue weighted by molar-refractivity contribution is 0.597. The molecule has 112 valence electrons. The van der Waals surface area contributed by atoms with E-state index >= 15 is 0 Å². The van der Waals surface area contributed by atoms with Gasteiger partial charge in [0.25, 0.3) is 10.0 Å². The van der Waals surface area contributed by atoms with Crippen molar-refractivity contribution < 1.29 is 17.2 Å². The zero-order chi connectivity index (χ0) is 15.8. The van der Waals surface area contributed by atoms with Crippen LogP contribution in [0.5, 0.6) is 0 Å². The fourth-order valence-electron chi connectivity index (χ4n) is 1.58. The van der Waals surface area contributed by atoms with Gasteiger partial charge in [0.05, 0.1) is 16.4 Å². The number of sulfonamides is 1. The van der Waals surface area contributed by atoms with Crippen LogP contribution in [0, 0.1) is 11.6 Å². The van der Waals surface area contributed by atoms with Crippen molar-refractivity contribution in [3.63, 3.8) is 0 Å². The number of rotatable bonds is 3. The molecule has 0 aliphatic carbocycles. The molecule has 0 atom stereocenters. The van der Waals surface area contributed by atoms with Gasteiger partial charge in [-0.25, -0.2) is 17.2 Å². The Balaban J connectivity index is 2.50. The molecule has 21 heavy (non-hydrogen) atoms. The van der Waals surface area contributed by atoms with E-state index in [1.54, 1.807) is 0 Å². The minimum absolute atomic E-state index is 0.0678. The maximum atomic E-state index is 13.4. The lowest BCUT2D eigenvalue weighted by Crippen LogP contribution is -2.16. The van der Waals surface area contributed by atoms with Crippen LogP contribution < -0.4 is 10.5 Å². The standard InChI is InChI=1S/C12H8BrClF2N2O2S/c13-7-4-6(15)5-8(14)12(7)18-21(19,20)10-3-1-2-9(16)11(10)17/h1-5,18H,17H2. The molecule has 0 fully saturated rings. The van der Waals surface area contributed by atoms with Crippen LogP contribution >= 0.6 is 27.5 Å². The summed E-state index contributed by atoms with van der Waals surface area (Å²) in [5.41, 5.74) is 4.84. The molecule has 0 saturated heterocycles. The van der Waals surface area contributed by atoms with Crippen LogP contribution in [0.15, 0.2) is 39.7 Å². The zero-order valence-electron chi connectivity index (χ0n) is 10.2. The molecule has 0 heterocycles. The van der Waals surface area contributed by atoms with Gasteiger partial charge in [-0.05, 0) is 40.2 Å². The number of nitrogens with one attached hydrogen (secondary N) is 1. The number of nitrogens with two attached hydrogens (primary N) is 1. The van der Waals surface area contributed by atoms with Crippen molar-refractivity contribution in [1.82, 2.24) is 0 Å². The fourth-order valence-corrected chi connectivity index (χ4v) is 3.91. The van der Waals surface area contributed by atoms with Gasteiger partial charge in [0.15, 0.2) is 0 Å². The van der Waals surface area contributed by atoms with E-state index in [1.807, 2.05) is 0 Å². The van der Waals surface area contributed by atoms with Crippen LogP contribution in [-0.2, 0) is 10.0 Å². The highest BCUT2D eigenvalue weighted by molar-refractivity contribution is 9.10. The maximum absolute atomic E-state index is 13.4. The highest BCUT2D eigenvalue weighted by Crippen LogP contribution is 2.34. The predicted molar refractivity (Wildman–Crippen MR) is 80.7 cm³/mol. The molecule has 2 rings (SSSR count). The molecule has 0 amide bonds. The average Bonchev–Trinajstić information content (AvgIpc) is 2.37. The quantitative estimate of drug-likeness (QED) is 0.775. The van der Waals surface area contributed by atoms with Crippen molar-refractivity contribution in [2.24, 2.45) is 0 Å². The SMILES string of the molecule is Nc1c(F)cccc1S(=O)(=O)Nc1c(Cl)cc(F)cc1Br. The Hall–Kier alpha value is -1.38. The lowest BCUT2D eigenvalue weighted by Gasteiger charge is -2.13. The Kier molecular flexibility index (Phi) is 4.40. The second kappa shape index (κ2) is 5.78. The van der Waals surface area contributed by atoms with Crippen LogP contribution in [0.1, 0.15) is 0 Å². The van der Waals surface area contributed by atoms with E-state index in [4.69, 9.17) is 17.3 Å². The molecular formula is C12H8BrClF2N2O2S. The van der Waals surface area contributed by atoms with E-state index in [9.17, 15) is 17.2 Å². The first kappa shape index (κ1) is 16.0. The number of hydrogen-bond donors (Lipinski definition) is 2. The second-order valence-corrected chi connectivity index (χ2v) is 6.91. The smallest absolute Gasteiger partial charge is 0.264 e. The molecule has 0 saturated carbocycles. The number of anilines is 2. The fraction of sp³-hybridized carbons (Fsp3) is 0. The molecule has 0 bridgehead atoms. The summed E-state index contributed by atoms with van der Waals surface area (Å²) in [4.78, 5) is -0.435. The molecule has 4 nitrogen and oxygen atoms in total. The van der Waals surface area contributed by atoms with Gasteiger partial charge < -0.3 is 5.73 Å².